The smallest absolute Gasteiger partial charge is 0.262 e. The third-order valence-corrected chi connectivity index (χ3v) is 5.44. The minimum Gasteiger partial charge on any atom is -0.482 e. The maximum atomic E-state index is 13.0. The average Bonchev–Trinajstić information content (AvgIpc) is 3.21. The Morgan fingerprint density at radius 2 is 2.00 bits per heavy atom. The van der Waals surface area contributed by atoms with E-state index in [1.165, 1.54) is 12.8 Å². The van der Waals surface area contributed by atoms with E-state index in [0.29, 0.717) is 29.1 Å². The lowest BCUT2D eigenvalue weighted by Crippen LogP contribution is -2.47. The minimum absolute atomic E-state index is 0.0303. The Hall–Kier alpha value is -2.08. The molecule has 6 heteroatoms. The summed E-state index contributed by atoms with van der Waals surface area (Å²) in [6.07, 6.45) is 4.51. The first-order valence-electron chi connectivity index (χ1n) is 8.71. The first-order chi connectivity index (χ1) is 11.6. The number of fused-ring (bicyclic) bond motifs is 1. The molecule has 128 valence electrons. The average molecular weight is 329 g/mol. The van der Waals surface area contributed by atoms with Crippen molar-refractivity contribution < 1.29 is 14.3 Å². The topological polar surface area (TPSA) is 61.9 Å². The number of ether oxygens (including phenoxy) is 1. The van der Waals surface area contributed by atoms with E-state index >= 15 is 0 Å². The molecule has 2 saturated heterocycles. The van der Waals surface area contributed by atoms with Gasteiger partial charge in [-0.15, -0.1) is 0 Å². The van der Waals surface area contributed by atoms with E-state index in [-0.39, 0.29) is 18.4 Å². The van der Waals surface area contributed by atoms with Gasteiger partial charge >= 0.3 is 0 Å². The van der Waals surface area contributed by atoms with Gasteiger partial charge in [-0.25, -0.2) is 0 Å². The van der Waals surface area contributed by atoms with Gasteiger partial charge in [-0.1, -0.05) is 0 Å². The molecule has 1 aromatic carbocycles. The second-order valence-electron chi connectivity index (χ2n) is 6.95. The second-order valence-corrected chi connectivity index (χ2v) is 6.95. The fourth-order valence-corrected chi connectivity index (χ4v) is 4.25. The quantitative estimate of drug-likeness (QED) is 0.897. The van der Waals surface area contributed by atoms with Crippen molar-refractivity contribution in [1.29, 1.82) is 0 Å². The number of nitrogens with zero attached hydrogens (tertiary/aromatic N) is 2. The third kappa shape index (κ3) is 2.65. The lowest BCUT2D eigenvalue weighted by Gasteiger charge is -2.33. The van der Waals surface area contributed by atoms with Gasteiger partial charge in [0.15, 0.2) is 6.61 Å². The van der Waals surface area contributed by atoms with Crippen molar-refractivity contribution in [2.45, 2.75) is 37.8 Å². The zero-order valence-electron chi connectivity index (χ0n) is 14.0. The molecule has 0 bridgehead atoms. The van der Waals surface area contributed by atoms with Crippen molar-refractivity contribution in [2.24, 2.45) is 0 Å². The SMILES string of the molecule is CN1CCC[C@@H]1[C@@H]1CCCN1C(=O)c1ccc2c(c1)NC(=O)CO2. The highest BCUT2D eigenvalue weighted by atomic mass is 16.5. The lowest BCUT2D eigenvalue weighted by atomic mass is 10.0. The van der Waals surface area contributed by atoms with Gasteiger partial charge in [0, 0.05) is 24.2 Å². The van der Waals surface area contributed by atoms with Crippen LogP contribution < -0.4 is 10.1 Å². The minimum atomic E-state index is -0.182. The summed E-state index contributed by atoms with van der Waals surface area (Å²) in [4.78, 5) is 28.9. The Morgan fingerprint density at radius 1 is 1.21 bits per heavy atom. The van der Waals surface area contributed by atoms with E-state index in [0.717, 1.165) is 25.9 Å². The number of anilines is 1. The van der Waals surface area contributed by atoms with Crippen molar-refractivity contribution >= 4 is 17.5 Å². The van der Waals surface area contributed by atoms with Gasteiger partial charge in [-0.05, 0) is 57.5 Å². The Labute approximate surface area is 141 Å². The summed E-state index contributed by atoms with van der Waals surface area (Å²) in [5, 5.41) is 2.78. The number of likely N-dealkylation sites (tertiary alicyclic amines) is 2. The highest BCUT2D eigenvalue weighted by Crippen LogP contribution is 2.32. The summed E-state index contributed by atoms with van der Waals surface area (Å²) in [7, 11) is 2.16. The molecule has 0 aromatic heterocycles. The van der Waals surface area contributed by atoms with Gasteiger partial charge in [0.25, 0.3) is 11.8 Å². The molecule has 2 fully saturated rings. The molecule has 0 spiro atoms. The number of rotatable bonds is 2. The van der Waals surface area contributed by atoms with Crippen LogP contribution in [0.4, 0.5) is 5.69 Å². The monoisotopic (exact) mass is 329 g/mol. The maximum absolute atomic E-state index is 13.0. The summed E-state index contributed by atoms with van der Waals surface area (Å²) >= 11 is 0. The zero-order chi connectivity index (χ0) is 16.7. The standard InChI is InChI=1S/C18H23N3O3/c1-20-8-2-4-14(20)15-5-3-9-21(15)18(23)12-6-7-16-13(10-12)19-17(22)11-24-16/h6-7,10,14-15H,2-5,8-9,11H2,1H3,(H,19,22)/t14-,15+/m1/s1. The van der Waals surface area contributed by atoms with E-state index in [1.54, 1.807) is 18.2 Å². The van der Waals surface area contributed by atoms with E-state index in [9.17, 15) is 9.59 Å². The second kappa shape index (κ2) is 6.09. The van der Waals surface area contributed by atoms with Crippen LogP contribution in [0.2, 0.25) is 0 Å². The van der Waals surface area contributed by atoms with Crippen LogP contribution in [0.25, 0.3) is 0 Å². The zero-order valence-corrected chi connectivity index (χ0v) is 14.0. The number of carbonyl (C=O) groups excluding carboxylic acids is 2. The van der Waals surface area contributed by atoms with Crippen LogP contribution in [0, 0.1) is 0 Å². The molecular weight excluding hydrogens is 306 g/mol. The van der Waals surface area contributed by atoms with Crippen molar-refractivity contribution in [3.05, 3.63) is 23.8 Å². The number of amides is 2. The molecule has 0 unspecified atom stereocenters. The molecule has 3 aliphatic heterocycles. The number of hydrogen-bond acceptors (Lipinski definition) is 4. The van der Waals surface area contributed by atoms with Crippen molar-refractivity contribution in [1.82, 2.24) is 9.80 Å². The van der Waals surface area contributed by atoms with Crippen LogP contribution in [0.5, 0.6) is 5.75 Å². The Balaban J connectivity index is 1.56. The van der Waals surface area contributed by atoms with Gasteiger partial charge < -0.3 is 19.9 Å². The molecule has 24 heavy (non-hydrogen) atoms. The summed E-state index contributed by atoms with van der Waals surface area (Å²) in [6.45, 7) is 1.96. The van der Waals surface area contributed by atoms with Crippen molar-refractivity contribution in [3.8, 4) is 5.75 Å². The fraction of sp³-hybridized carbons (Fsp3) is 0.556. The molecule has 1 aromatic rings. The Bertz CT molecular complexity index is 675. The van der Waals surface area contributed by atoms with Gasteiger partial charge in [0.05, 0.1) is 5.69 Å². The van der Waals surface area contributed by atoms with Crippen LogP contribution in [-0.2, 0) is 4.79 Å². The summed E-state index contributed by atoms with van der Waals surface area (Å²) < 4.78 is 5.37. The largest absolute Gasteiger partial charge is 0.482 e. The number of benzene rings is 1. The predicted molar refractivity (Wildman–Crippen MR) is 90.3 cm³/mol. The number of carbonyl (C=O) groups is 2. The number of hydrogen-bond donors (Lipinski definition) is 1. The van der Waals surface area contributed by atoms with Gasteiger partial charge in [0.1, 0.15) is 5.75 Å². The molecular formula is C18H23N3O3. The predicted octanol–water partition coefficient (Wildman–Crippen LogP) is 1.72. The van der Waals surface area contributed by atoms with E-state index < -0.39 is 0 Å². The van der Waals surface area contributed by atoms with E-state index in [2.05, 4.69) is 17.3 Å². The first-order valence-corrected chi connectivity index (χ1v) is 8.71. The van der Waals surface area contributed by atoms with E-state index in [4.69, 9.17) is 4.74 Å². The van der Waals surface area contributed by atoms with Gasteiger partial charge in [0.2, 0.25) is 0 Å². The third-order valence-electron chi connectivity index (χ3n) is 5.44. The Kier molecular flexibility index (Phi) is 3.92. The number of likely N-dealkylation sites (N-methyl/N-ethyl adjacent to an activating group) is 1. The Morgan fingerprint density at radius 3 is 2.79 bits per heavy atom. The molecule has 1 N–H and O–H groups in total. The van der Waals surface area contributed by atoms with E-state index in [1.807, 2.05) is 4.90 Å². The molecule has 4 rings (SSSR count). The molecule has 3 aliphatic rings. The van der Waals surface area contributed by atoms with Gasteiger partial charge in [-0.2, -0.15) is 0 Å². The lowest BCUT2D eigenvalue weighted by molar-refractivity contribution is -0.118. The first kappa shape index (κ1) is 15.4. The molecule has 2 atom stereocenters. The summed E-state index contributed by atoms with van der Waals surface area (Å²) in [6, 6.07) is 6.08. The highest BCUT2D eigenvalue weighted by molar-refractivity contribution is 6.00. The number of nitrogens with one attached hydrogen (secondary N) is 1. The maximum Gasteiger partial charge on any atom is 0.262 e. The molecule has 3 heterocycles. The van der Waals surface area contributed by atoms with Gasteiger partial charge in [-0.3, -0.25) is 9.59 Å². The van der Waals surface area contributed by atoms with Crippen LogP contribution in [0.1, 0.15) is 36.0 Å². The fourth-order valence-electron chi connectivity index (χ4n) is 4.25. The molecule has 0 radical (unpaired) electrons. The molecule has 2 amide bonds. The summed E-state index contributed by atoms with van der Waals surface area (Å²) in [5.74, 6) is 0.499. The van der Waals surface area contributed by atoms with Crippen molar-refractivity contribution in [3.63, 3.8) is 0 Å². The van der Waals surface area contributed by atoms with Crippen LogP contribution in [-0.4, -0.2) is 60.4 Å². The molecule has 0 saturated carbocycles. The highest BCUT2D eigenvalue weighted by Gasteiger charge is 2.38. The van der Waals surface area contributed by atoms with Crippen LogP contribution in [0.3, 0.4) is 0 Å². The summed E-state index contributed by atoms with van der Waals surface area (Å²) in [5.41, 5.74) is 1.21. The normalized spacial score (nSPS) is 26.9. The van der Waals surface area contributed by atoms with Crippen molar-refractivity contribution in [2.75, 3.05) is 32.1 Å². The molecule has 6 nitrogen and oxygen atoms in total. The molecule has 0 aliphatic carbocycles. The van der Waals surface area contributed by atoms with Crippen LogP contribution >= 0.6 is 0 Å². The van der Waals surface area contributed by atoms with Crippen LogP contribution in [0.15, 0.2) is 18.2 Å².